The Morgan fingerprint density at radius 2 is 1.87 bits per heavy atom. The summed E-state index contributed by atoms with van der Waals surface area (Å²) in [6.45, 7) is 0.236. The van der Waals surface area contributed by atoms with Crippen molar-refractivity contribution in [3.63, 3.8) is 0 Å². The molecule has 0 spiro atoms. The Labute approximate surface area is 133 Å². The summed E-state index contributed by atoms with van der Waals surface area (Å²) in [5, 5.41) is 10.5. The summed E-state index contributed by atoms with van der Waals surface area (Å²) < 4.78 is 22.4. The third kappa shape index (κ3) is 4.98. The van der Waals surface area contributed by atoms with Gasteiger partial charge in [0.25, 0.3) is 0 Å². The number of primary sulfonamides is 1. The minimum Gasteiger partial charge on any atom is -0.340 e. The lowest BCUT2D eigenvalue weighted by atomic mass is 10.3. The Kier molecular flexibility index (Phi) is 5.21. The zero-order valence-corrected chi connectivity index (χ0v) is 12.9. The van der Waals surface area contributed by atoms with E-state index in [1.54, 1.807) is 18.2 Å². The maximum atomic E-state index is 11.5. The van der Waals surface area contributed by atoms with Crippen molar-refractivity contribution in [2.45, 2.75) is 11.3 Å². The molecule has 23 heavy (non-hydrogen) atoms. The number of carbonyl (C=O) groups excluding carboxylic acids is 1. The predicted molar refractivity (Wildman–Crippen MR) is 85.4 cm³/mol. The second kappa shape index (κ2) is 7.13. The van der Waals surface area contributed by atoms with Crippen LogP contribution >= 0.6 is 0 Å². The smallest absolute Gasteiger partial charge is 0.238 e. The van der Waals surface area contributed by atoms with Gasteiger partial charge in [-0.15, -0.1) is 0 Å². The van der Waals surface area contributed by atoms with Crippen LogP contribution in [0.25, 0.3) is 0 Å². The first-order chi connectivity index (χ1) is 10.9. The summed E-state index contributed by atoms with van der Waals surface area (Å²) in [5.41, 5.74) is 5.90. The van der Waals surface area contributed by atoms with Gasteiger partial charge in [-0.2, -0.15) is 4.98 Å². The van der Waals surface area contributed by atoms with Crippen molar-refractivity contribution >= 4 is 33.4 Å². The SMILES string of the molecule is NCCC(=O)Nc1nccc(Nc2ccc(S(N)(=O)=O)cc2)n1. The Hall–Kier alpha value is -2.56. The van der Waals surface area contributed by atoms with Crippen molar-refractivity contribution in [2.24, 2.45) is 10.9 Å². The molecule has 2 rings (SSSR count). The molecule has 1 heterocycles. The summed E-state index contributed by atoms with van der Waals surface area (Å²) in [5.74, 6) is 0.308. The van der Waals surface area contributed by atoms with E-state index in [4.69, 9.17) is 10.9 Å². The molecule has 1 aromatic heterocycles. The maximum Gasteiger partial charge on any atom is 0.238 e. The van der Waals surface area contributed by atoms with E-state index in [2.05, 4.69) is 20.6 Å². The fourth-order valence-electron chi connectivity index (χ4n) is 1.68. The largest absolute Gasteiger partial charge is 0.340 e. The molecule has 0 aliphatic heterocycles. The highest BCUT2D eigenvalue weighted by atomic mass is 32.2. The first kappa shape index (κ1) is 16.8. The first-order valence-corrected chi connectivity index (χ1v) is 8.16. The number of sulfonamides is 1. The van der Waals surface area contributed by atoms with E-state index < -0.39 is 10.0 Å². The van der Waals surface area contributed by atoms with Gasteiger partial charge in [-0.1, -0.05) is 0 Å². The van der Waals surface area contributed by atoms with Crippen LogP contribution in [0.15, 0.2) is 41.4 Å². The third-order valence-corrected chi connectivity index (χ3v) is 3.66. The van der Waals surface area contributed by atoms with Gasteiger partial charge in [0.05, 0.1) is 4.90 Å². The molecule has 0 saturated heterocycles. The summed E-state index contributed by atoms with van der Waals surface area (Å²) in [6.07, 6.45) is 1.65. The van der Waals surface area contributed by atoms with Crippen LogP contribution in [-0.4, -0.2) is 30.8 Å². The summed E-state index contributed by atoms with van der Waals surface area (Å²) >= 11 is 0. The molecule has 0 bridgehead atoms. The highest BCUT2D eigenvalue weighted by Gasteiger charge is 2.08. The lowest BCUT2D eigenvalue weighted by Gasteiger charge is -2.08. The molecule has 1 amide bonds. The summed E-state index contributed by atoms with van der Waals surface area (Å²) in [6, 6.07) is 7.46. The zero-order chi connectivity index (χ0) is 16.9. The number of nitrogens with zero attached hydrogens (tertiary/aromatic N) is 2. The number of benzene rings is 1. The standard InChI is InChI=1S/C13H16N6O3S/c14-7-5-12(20)19-13-16-8-6-11(18-13)17-9-1-3-10(4-2-9)23(15,21)22/h1-4,6,8H,5,7,14H2,(H2,15,21,22)(H2,16,17,18,19,20). The van der Waals surface area contributed by atoms with Gasteiger partial charge in [0.15, 0.2) is 0 Å². The number of carbonyl (C=O) groups is 1. The van der Waals surface area contributed by atoms with Gasteiger partial charge in [-0.25, -0.2) is 18.5 Å². The van der Waals surface area contributed by atoms with Crippen molar-refractivity contribution in [3.05, 3.63) is 36.5 Å². The number of anilines is 3. The highest BCUT2D eigenvalue weighted by Crippen LogP contribution is 2.17. The van der Waals surface area contributed by atoms with E-state index in [0.29, 0.717) is 11.5 Å². The van der Waals surface area contributed by atoms with Crippen LogP contribution in [0.5, 0.6) is 0 Å². The number of hydrogen-bond donors (Lipinski definition) is 4. The van der Waals surface area contributed by atoms with Crippen LogP contribution in [0.3, 0.4) is 0 Å². The molecule has 0 fully saturated rings. The molecular formula is C13H16N6O3S. The van der Waals surface area contributed by atoms with E-state index in [1.807, 2.05) is 0 Å². The molecule has 0 aliphatic carbocycles. The average Bonchev–Trinajstić information content (AvgIpc) is 2.47. The normalized spacial score (nSPS) is 11.0. The fraction of sp³-hybridized carbons (Fsp3) is 0.154. The van der Waals surface area contributed by atoms with Gasteiger partial charge in [0.2, 0.25) is 21.9 Å². The van der Waals surface area contributed by atoms with E-state index in [1.165, 1.54) is 18.3 Å². The maximum absolute atomic E-state index is 11.5. The molecule has 6 N–H and O–H groups in total. The van der Waals surface area contributed by atoms with Crippen LogP contribution in [-0.2, 0) is 14.8 Å². The lowest BCUT2D eigenvalue weighted by Crippen LogP contribution is -2.17. The first-order valence-electron chi connectivity index (χ1n) is 6.61. The Bertz CT molecular complexity index is 792. The molecule has 122 valence electrons. The van der Waals surface area contributed by atoms with Gasteiger partial charge in [-0.3, -0.25) is 10.1 Å². The molecule has 2 aromatic rings. The number of nitrogens with one attached hydrogen (secondary N) is 2. The van der Waals surface area contributed by atoms with Crippen molar-refractivity contribution in [1.82, 2.24) is 9.97 Å². The second-order valence-corrected chi connectivity index (χ2v) is 6.11. The monoisotopic (exact) mass is 336 g/mol. The van der Waals surface area contributed by atoms with Gasteiger partial charge in [-0.05, 0) is 30.3 Å². The number of rotatable bonds is 6. The van der Waals surface area contributed by atoms with Crippen LogP contribution in [0, 0.1) is 0 Å². The van der Waals surface area contributed by atoms with Crippen molar-refractivity contribution in [2.75, 3.05) is 17.2 Å². The third-order valence-electron chi connectivity index (χ3n) is 2.73. The van der Waals surface area contributed by atoms with E-state index in [0.717, 1.165) is 0 Å². The molecule has 0 unspecified atom stereocenters. The number of nitrogens with two attached hydrogens (primary N) is 2. The van der Waals surface area contributed by atoms with Crippen LogP contribution < -0.4 is 21.5 Å². The molecule has 0 saturated carbocycles. The van der Waals surface area contributed by atoms with Gasteiger partial charge < -0.3 is 11.1 Å². The summed E-state index contributed by atoms with van der Waals surface area (Å²) in [7, 11) is -3.73. The molecule has 1 aromatic carbocycles. The van der Waals surface area contributed by atoms with Crippen LogP contribution in [0.1, 0.15) is 6.42 Å². The predicted octanol–water partition coefficient (Wildman–Crippen LogP) is 0.155. The van der Waals surface area contributed by atoms with Crippen molar-refractivity contribution < 1.29 is 13.2 Å². The molecule has 0 aliphatic rings. The van der Waals surface area contributed by atoms with Crippen molar-refractivity contribution in [3.8, 4) is 0 Å². The molecule has 9 nitrogen and oxygen atoms in total. The van der Waals surface area contributed by atoms with E-state index in [-0.39, 0.29) is 29.7 Å². The summed E-state index contributed by atoms with van der Waals surface area (Å²) in [4.78, 5) is 19.5. The average molecular weight is 336 g/mol. The van der Waals surface area contributed by atoms with Crippen LogP contribution in [0.4, 0.5) is 17.5 Å². The van der Waals surface area contributed by atoms with E-state index in [9.17, 15) is 13.2 Å². The number of aromatic nitrogens is 2. The van der Waals surface area contributed by atoms with E-state index >= 15 is 0 Å². The molecular weight excluding hydrogens is 320 g/mol. The highest BCUT2D eigenvalue weighted by molar-refractivity contribution is 7.89. The minimum atomic E-state index is -3.73. The van der Waals surface area contributed by atoms with Gasteiger partial charge >= 0.3 is 0 Å². The number of hydrogen-bond acceptors (Lipinski definition) is 7. The quantitative estimate of drug-likeness (QED) is 0.585. The Morgan fingerprint density at radius 1 is 1.17 bits per heavy atom. The van der Waals surface area contributed by atoms with Crippen LogP contribution in [0.2, 0.25) is 0 Å². The Balaban J connectivity index is 2.10. The molecule has 10 heteroatoms. The van der Waals surface area contributed by atoms with Gasteiger partial charge in [0, 0.05) is 24.8 Å². The Morgan fingerprint density at radius 3 is 2.48 bits per heavy atom. The minimum absolute atomic E-state index is 0.0143. The lowest BCUT2D eigenvalue weighted by molar-refractivity contribution is -0.116. The fourth-order valence-corrected chi connectivity index (χ4v) is 2.20. The topological polar surface area (TPSA) is 153 Å². The van der Waals surface area contributed by atoms with Crippen molar-refractivity contribution in [1.29, 1.82) is 0 Å². The molecule has 0 radical (unpaired) electrons. The molecule has 0 atom stereocenters. The van der Waals surface area contributed by atoms with Gasteiger partial charge in [0.1, 0.15) is 5.82 Å². The zero-order valence-electron chi connectivity index (χ0n) is 12.1. The second-order valence-electron chi connectivity index (χ2n) is 4.55. The number of amides is 1.